The van der Waals surface area contributed by atoms with Crippen LogP contribution < -0.4 is 14.2 Å². The van der Waals surface area contributed by atoms with Crippen LogP contribution in [-0.2, 0) is 9.47 Å². The number of rotatable bonds is 9. The van der Waals surface area contributed by atoms with Crippen molar-refractivity contribution in [1.29, 1.82) is 0 Å². The fourth-order valence-corrected chi connectivity index (χ4v) is 2.46. The first kappa shape index (κ1) is 21.3. The number of hydrogen-bond donors (Lipinski definition) is 0. The molecule has 2 rings (SSSR count). The van der Waals surface area contributed by atoms with Gasteiger partial charge in [0.1, 0.15) is 5.75 Å². The molecule has 0 N–H and O–H groups in total. The maximum Gasteiger partial charge on any atom is 0.513 e. The van der Waals surface area contributed by atoms with E-state index in [1.54, 1.807) is 24.3 Å². The summed E-state index contributed by atoms with van der Waals surface area (Å²) in [5.41, 5.74) is 0. The second kappa shape index (κ2) is 11.0. The number of hydrogen-bond acceptors (Lipinski definition) is 7. The second-order valence-corrected chi connectivity index (χ2v) is 6.06. The van der Waals surface area contributed by atoms with Crippen molar-refractivity contribution in [3.63, 3.8) is 0 Å². The van der Waals surface area contributed by atoms with Crippen LogP contribution in [0.2, 0.25) is 0 Å². The zero-order valence-electron chi connectivity index (χ0n) is 16.5. The van der Waals surface area contributed by atoms with Crippen molar-refractivity contribution in [1.82, 2.24) is 0 Å². The highest BCUT2D eigenvalue weighted by atomic mass is 16.7. The first-order chi connectivity index (χ1) is 13.6. The van der Waals surface area contributed by atoms with Crippen LogP contribution in [0.5, 0.6) is 17.2 Å². The molecule has 0 unspecified atom stereocenters. The topological polar surface area (TPSA) is 80.3 Å². The molecule has 7 nitrogen and oxygen atoms in total. The Kier molecular flexibility index (Phi) is 8.39. The molecule has 2 aromatic carbocycles. The molecule has 7 heteroatoms. The van der Waals surface area contributed by atoms with Crippen LogP contribution >= 0.6 is 0 Å². The van der Waals surface area contributed by atoms with Gasteiger partial charge in [-0.3, -0.25) is 0 Å². The smallest absolute Gasteiger partial charge is 0.493 e. The number of methoxy groups -OCH3 is 1. The third kappa shape index (κ3) is 5.77. The molecule has 0 spiro atoms. The molecule has 152 valence electrons. The average molecular weight is 390 g/mol. The minimum atomic E-state index is -0.815. The van der Waals surface area contributed by atoms with Crippen LogP contribution in [0.15, 0.2) is 30.3 Å². The van der Waals surface area contributed by atoms with E-state index in [0.29, 0.717) is 10.8 Å². The zero-order chi connectivity index (χ0) is 20.4. The summed E-state index contributed by atoms with van der Waals surface area (Å²) < 4.78 is 26.2. The average Bonchev–Trinajstić information content (AvgIpc) is 2.70. The van der Waals surface area contributed by atoms with Crippen molar-refractivity contribution < 1.29 is 33.3 Å². The number of carbonyl (C=O) groups is 2. The lowest BCUT2D eigenvalue weighted by Gasteiger charge is -2.15. The van der Waals surface area contributed by atoms with Gasteiger partial charge in [0.25, 0.3) is 0 Å². The second-order valence-electron chi connectivity index (χ2n) is 6.06. The Morgan fingerprint density at radius 1 is 0.821 bits per heavy atom. The molecule has 0 bridgehead atoms. The van der Waals surface area contributed by atoms with Gasteiger partial charge >= 0.3 is 12.3 Å². The Hall–Kier alpha value is -2.96. The molecule has 0 radical (unpaired) electrons. The van der Waals surface area contributed by atoms with Crippen molar-refractivity contribution in [2.24, 2.45) is 0 Å². The zero-order valence-corrected chi connectivity index (χ0v) is 16.5. The van der Waals surface area contributed by atoms with Crippen LogP contribution in [0.25, 0.3) is 10.8 Å². The molecule has 0 aliphatic carbocycles. The summed E-state index contributed by atoms with van der Waals surface area (Å²) in [7, 11) is 1.43. The molecule has 0 saturated heterocycles. The minimum Gasteiger partial charge on any atom is -0.493 e. The van der Waals surface area contributed by atoms with Gasteiger partial charge in [-0.25, -0.2) is 9.59 Å². The Morgan fingerprint density at radius 2 is 1.39 bits per heavy atom. The van der Waals surface area contributed by atoms with Gasteiger partial charge in [0, 0.05) is 16.8 Å². The Morgan fingerprint density at radius 3 is 1.96 bits per heavy atom. The summed E-state index contributed by atoms with van der Waals surface area (Å²) >= 11 is 0. The van der Waals surface area contributed by atoms with E-state index in [1.807, 2.05) is 13.8 Å². The van der Waals surface area contributed by atoms with E-state index in [-0.39, 0.29) is 30.5 Å². The van der Waals surface area contributed by atoms with Gasteiger partial charge in [-0.1, -0.05) is 51.0 Å². The summed E-state index contributed by atoms with van der Waals surface area (Å²) in [6, 6.07) is 8.53. The Labute approximate surface area is 164 Å². The third-order valence-corrected chi connectivity index (χ3v) is 3.96. The lowest BCUT2D eigenvalue weighted by atomic mass is 10.1. The van der Waals surface area contributed by atoms with E-state index in [9.17, 15) is 9.59 Å². The molecule has 0 saturated carbocycles. The summed E-state index contributed by atoms with van der Waals surface area (Å²) in [5, 5.41) is 1.12. The molecule has 28 heavy (non-hydrogen) atoms. The predicted octanol–water partition coefficient (Wildman–Crippen LogP) is 5.48. The fraction of sp³-hybridized carbons (Fsp3) is 0.429. The summed E-state index contributed by atoms with van der Waals surface area (Å²) in [5.74, 6) is 0.689. The Balaban J connectivity index is 2.29. The van der Waals surface area contributed by atoms with Crippen LogP contribution in [0.4, 0.5) is 9.59 Å². The number of fused-ring (bicyclic) bond motifs is 1. The van der Waals surface area contributed by atoms with Crippen molar-refractivity contribution >= 4 is 23.1 Å². The molecule has 0 heterocycles. The molecular formula is C21H26O7. The van der Waals surface area contributed by atoms with Crippen molar-refractivity contribution in [3.8, 4) is 17.2 Å². The molecule has 0 aromatic heterocycles. The molecule has 0 atom stereocenters. The summed E-state index contributed by atoms with van der Waals surface area (Å²) in [6.07, 6.45) is 1.70. The molecule has 0 aliphatic heterocycles. The summed E-state index contributed by atoms with van der Waals surface area (Å²) in [6.45, 7) is 4.56. The van der Waals surface area contributed by atoms with Gasteiger partial charge in [0.05, 0.1) is 20.3 Å². The minimum absolute atomic E-state index is 0.200. The van der Waals surface area contributed by atoms with Crippen LogP contribution in [0, 0.1) is 0 Å². The van der Waals surface area contributed by atoms with Crippen molar-refractivity contribution in [2.75, 3.05) is 20.3 Å². The fourth-order valence-electron chi connectivity index (χ4n) is 2.46. The van der Waals surface area contributed by atoms with E-state index in [1.165, 1.54) is 13.2 Å². The van der Waals surface area contributed by atoms with Crippen LogP contribution in [0.1, 0.15) is 39.5 Å². The maximum absolute atomic E-state index is 12.0. The van der Waals surface area contributed by atoms with E-state index in [0.717, 1.165) is 25.7 Å². The lowest BCUT2D eigenvalue weighted by molar-refractivity contribution is 0.0954. The molecule has 0 aliphatic rings. The number of ether oxygens (including phenoxy) is 5. The van der Waals surface area contributed by atoms with E-state index in [2.05, 4.69) is 0 Å². The predicted molar refractivity (Wildman–Crippen MR) is 104 cm³/mol. The van der Waals surface area contributed by atoms with E-state index >= 15 is 0 Å². The van der Waals surface area contributed by atoms with Gasteiger partial charge in [-0.15, -0.1) is 0 Å². The normalized spacial score (nSPS) is 10.4. The van der Waals surface area contributed by atoms with E-state index < -0.39 is 12.3 Å². The first-order valence-corrected chi connectivity index (χ1v) is 9.39. The molecule has 0 fully saturated rings. The van der Waals surface area contributed by atoms with Crippen LogP contribution in [0.3, 0.4) is 0 Å². The molecule has 2 aromatic rings. The molecule has 0 amide bonds. The Bertz CT molecular complexity index is 801. The summed E-state index contributed by atoms with van der Waals surface area (Å²) in [4.78, 5) is 24.0. The number of benzene rings is 2. The SMILES string of the molecule is CCCCOC(=O)Oc1cc(OC)c(OC(=O)OCCCC)c2ccccc12. The number of carbonyl (C=O) groups excluding carboxylic acids is 2. The van der Waals surface area contributed by atoms with Crippen LogP contribution in [-0.4, -0.2) is 32.6 Å². The monoisotopic (exact) mass is 390 g/mol. The van der Waals surface area contributed by atoms with Crippen molar-refractivity contribution in [2.45, 2.75) is 39.5 Å². The maximum atomic E-state index is 12.0. The van der Waals surface area contributed by atoms with Crippen molar-refractivity contribution in [3.05, 3.63) is 30.3 Å². The highest BCUT2D eigenvalue weighted by molar-refractivity contribution is 5.97. The molecular weight excluding hydrogens is 364 g/mol. The standard InChI is InChI=1S/C21H26O7/c1-4-6-12-25-20(22)27-17-14-18(24-3)19(16-11-9-8-10-15(16)17)28-21(23)26-13-7-5-2/h8-11,14H,4-7,12-13H2,1-3H3. The largest absolute Gasteiger partial charge is 0.513 e. The number of unbranched alkanes of at least 4 members (excludes halogenated alkanes) is 2. The highest BCUT2D eigenvalue weighted by Gasteiger charge is 2.20. The van der Waals surface area contributed by atoms with Gasteiger partial charge in [-0.05, 0) is 12.8 Å². The highest BCUT2D eigenvalue weighted by Crippen LogP contribution is 2.41. The quantitative estimate of drug-likeness (QED) is 0.319. The first-order valence-electron chi connectivity index (χ1n) is 9.39. The van der Waals surface area contributed by atoms with Gasteiger partial charge in [0.15, 0.2) is 11.5 Å². The third-order valence-electron chi connectivity index (χ3n) is 3.96. The van der Waals surface area contributed by atoms with Gasteiger partial charge < -0.3 is 23.7 Å². The lowest BCUT2D eigenvalue weighted by Crippen LogP contribution is -2.13. The van der Waals surface area contributed by atoms with E-state index in [4.69, 9.17) is 23.7 Å². The van der Waals surface area contributed by atoms with Gasteiger partial charge in [-0.2, -0.15) is 0 Å². The van der Waals surface area contributed by atoms with Gasteiger partial charge in [0.2, 0.25) is 0 Å².